The first-order chi connectivity index (χ1) is 11.9. The van der Waals surface area contributed by atoms with E-state index in [-0.39, 0.29) is 5.92 Å². The molecule has 2 unspecified atom stereocenters. The molecule has 2 nitrogen and oxygen atoms in total. The van der Waals surface area contributed by atoms with Crippen LogP contribution in [0.15, 0.2) is 24.3 Å². The van der Waals surface area contributed by atoms with E-state index in [0.29, 0.717) is 11.8 Å². The van der Waals surface area contributed by atoms with E-state index in [0.717, 1.165) is 12.3 Å². The van der Waals surface area contributed by atoms with Crippen LogP contribution in [-0.2, 0) is 9.47 Å². The summed E-state index contributed by atoms with van der Waals surface area (Å²) in [5, 5.41) is 0. The summed E-state index contributed by atoms with van der Waals surface area (Å²) >= 11 is 0. The first kappa shape index (κ1) is 20.5. The lowest BCUT2D eigenvalue weighted by atomic mass is 9.75. The first-order valence-corrected chi connectivity index (χ1v) is 10.1. The highest BCUT2D eigenvalue weighted by Gasteiger charge is 2.41. The molecule has 0 saturated heterocycles. The van der Waals surface area contributed by atoms with Gasteiger partial charge < -0.3 is 9.47 Å². The molecule has 2 rings (SSSR count). The van der Waals surface area contributed by atoms with Crippen molar-refractivity contribution < 1.29 is 9.47 Å². The van der Waals surface area contributed by atoms with Crippen LogP contribution in [0.1, 0.15) is 89.2 Å². The topological polar surface area (TPSA) is 18.5 Å². The normalized spacial score (nSPS) is 19.2. The van der Waals surface area contributed by atoms with Gasteiger partial charge in [-0.1, -0.05) is 84.1 Å². The molecule has 25 heavy (non-hydrogen) atoms. The average Bonchev–Trinajstić information content (AvgIpc) is 2.66. The average molecular weight is 347 g/mol. The molecule has 1 aromatic carbocycles. The molecule has 142 valence electrons. The van der Waals surface area contributed by atoms with Crippen molar-refractivity contribution >= 4 is 0 Å². The van der Waals surface area contributed by atoms with Crippen LogP contribution < -0.4 is 0 Å². The van der Waals surface area contributed by atoms with E-state index in [1.165, 1.54) is 43.2 Å². The molecule has 1 aromatic rings. The lowest BCUT2D eigenvalue weighted by molar-refractivity contribution is -0.231. The number of hydrogen-bond donors (Lipinski definition) is 0. The van der Waals surface area contributed by atoms with Crippen molar-refractivity contribution in [2.24, 2.45) is 11.8 Å². The van der Waals surface area contributed by atoms with Crippen LogP contribution in [-0.4, -0.2) is 20.0 Å². The second-order valence-electron chi connectivity index (χ2n) is 8.30. The summed E-state index contributed by atoms with van der Waals surface area (Å²) < 4.78 is 12.2. The Labute approximate surface area is 155 Å². The Kier molecular flexibility index (Phi) is 7.51. The summed E-state index contributed by atoms with van der Waals surface area (Å²) in [6, 6.07) is 8.77. The van der Waals surface area contributed by atoms with Gasteiger partial charge in [-0.05, 0) is 28.9 Å². The summed E-state index contributed by atoms with van der Waals surface area (Å²) in [6.07, 6.45) is 7.85. The van der Waals surface area contributed by atoms with Gasteiger partial charge in [0.05, 0.1) is 0 Å². The molecule has 0 aromatic heterocycles. The van der Waals surface area contributed by atoms with Crippen LogP contribution in [0.3, 0.4) is 0 Å². The number of methoxy groups -OCH3 is 2. The minimum absolute atomic E-state index is 0.201. The van der Waals surface area contributed by atoms with Crippen molar-refractivity contribution in [2.75, 3.05) is 14.2 Å². The van der Waals surface area contributed by atoms with Crippen molar-refractivity contribution in [1.82, 2.24) is 0 Å². The van der Waals surface area contributed by atoms with Crippen LogP contribution in [0.25, 0.3) is 0 Å². The highest BCUT2D eigenvalue weighted by Crippen LogP contribution is 2.42. The van der Waals surface area contributed by atoms with E-state index >= 15 is 0 Å². The number of rotatable bonds is 8. The molecule has 0 bridgehead atoms. The Morgan fingerprint density at radius 3 is 2.00 bits per heavy atom. The molecule has 0 N–H and O–H groups in total. The molecule has 1 aliphatic carbocycles. The quantitative estimate of drug-likeness (QED) is 0.500. The molecule has 1 aliphatic rings. The predicted molar refractivity (Wildman–Crippen MR) is 106 cm³/mol. The van der Waals surface area contributed by atoms with Crippen molar-refractivity contribution in [2.45, 2.75) is 83.8 Å². The minimum Gasteiger partial charge on any atom is -0.353 e. The third-order valence-electron chi connectivity index (χ3n) is 6.50. The smallest absolute Gasteiger partial charge is 0.174 e. The highest BCUT2D eigenvalue weighted by molar-refractivity contribution is 5.33. The molecule has 0 radical (unpaired) electrons. The van der Waals surface area contributed by atoms with Gasteiger partial charge in [0.25, 0.3) is 0 Å². The highest BCUT2D eigenvalue weighted by atomic mass is 16.7. The van der Waals surface area contributed by atoms with Crippen LogP contribution in [0, 0.1) is 11.8 Å². The van der Waals surface area contributed by atoms with Crippen LogP contribution in [0.4, 0.5) is 0 Å². The summed E-state index contributed by atoms with van der Waals surface area (Å²) in [6.45, 7) is 9.18. The Bertz CT molecular complexity index is 513. The zero-order chi connectivity index (χ0) is 18.4. The molecular weight excluding hydrogens is 308 g/mol. The fraction of sp³-hybridized carbons (Fsp3) is 0.739. The predicted octanol–water partition coefficient (Wildman–Crippen LogP) is 6.51. The Hall–Kier alpha value is -0.860. The van der Waals surface area contributed by atoms with E-state index < -0.39 is 5.79 Å². The Morgan fingerprint density at radius 2 is 1.48 bits per heavy atom. The second-order valence-corrected chi connectivity index (χ2v) is 8.30. The van der Waals surface area contributed by atoms with E-state index in [1.807, 2.05) is 14.2 Å². The maximum absolute atomic E-state index is 6.08. The Morgan fingerprint density at radius 1 is 0.920 bits per heavy atom. The van der Waals surface area contributed by atoms with Crippen molar-refractivity contribution in [3.63, 3.8) is 0 Å². The third kappa shape index (κ3) is 4.65. The van der Waals surface area contributed by atoms with Gasteiger partial charge in [-0.2, -0.15) is 0 Å². The maximum Gasteiger partial charge on any atom is 0.174 e. The fourth-order valence-electron chi connectivity index (χ4n) is 4.77. The number of benzene rings is 1. The second kappa shape index (κ2) is 9.19. The van der Waals surface area contributed by atoms with Crippen molar-refractivity contribution in [1.29, 1.82) is 0 Å². The summed E-state index contributed by atoms with van der Waals surface area (Å²) in [4.78, 5) is 0. The molecule has 0 heterocycles. The monoisotopic (exact) mass is 346 g/mol. The van der Waals surface area contributed by atoms with Gasteiger partial charge in [-0.15, -0.1) is 0 Å². The summed E-state index contributed by atoms with van der Waals surface area (Å²) in [5.41, 5.74) is 2.76. The van der Waals surface area contributed by atoms with Gasteiger partial charge in [0.1, 0.15) is 0 Å². The maximum atomic E-state index is 6.08. The molecule has 1 saturated carbocycles. The lowest BCUT2D eigenvalue weighted by Gasteiger charge is -2.41. The van der Waals surface area contributed by atoms with Crippen molar-refractivity contribution in [3.05, 3.63) is 35.4 Å². The van der Waals surface area contributed by atoms with Gasteiger partial charge in [-0.3, -0.25) is 0 Å². The van der Waals surface area contributed by atoms with Gasteiger partial charge in [-0.25, -0.2) is 0 Å². The van der Waals surface area contributed by atoms with E-state index in [2.05, 4.69) is 52.0 Å². The largest absolute Gasteiger partial charge is 0.353 e. The molecule has 0 amide bonds. The molecule has 0 aliphatic heterocycles. The van der Waals surface area contributed by atoms with E-state index in [1.54, 1.807) is 0 Å². The standard InChI is InChI=1S/C23H38O2/c1-17(2)21-14-10-11-15-22(21)19(4)23(24-5,25-6)16-18(3)20-12-8-7-9-13-20/h10-11,14-15,17-20H,7-9,12-13,16H2,1-6H3. The first-order valence-electron chi connectivity index (χ1n) is 10.1. The SMILES string of the molecule is COC(CC(C)C1CCCCC1)(OC)C(C)c1ccccc1C(C)C. The number of hydrogen-bond acceptors (Lipinski definition) is 2. The molecule has 2 atom stereocenters. The van der Waals surface area contributed by atoms with Gasteiger partial charge in [0.15, 0.2) is 5.79 Å². The fourth-order valence-corrected chi connectivity index (χ4v) is 4.77. The molecule has 2 heteroatoms. The molecular formula is C23H38O2. The Balaban J connectivity index is 2.25. The summed E-state index contributed by atoms with van der Waals surface area (Å²) in [5.74, 6) is 1.58. The van der Waals surface area contributed by atoms with Crippen LogP contribution >= 0.6 is 0 Å². The van der Waals surface area contributed by atoms with Gasteiger partial charge >= 0.3 is 0 Å². The van der Waals surface area contributed by atoms with Gasteiger partial charge in [0.2, 0.25) is 0 Å². The molecule has 0 spiro atoms. The summed E-state index contributed by atoms with van der Waals surface area (Å²) in [7, 11) is 3.62. The van der Waals surface area contributed by atoms with Crippen LogP contribution in [0.5, 0.6) is 0 Å². The number of ether oxygens (including phenoxy) is 2. The lowest BCUT2D eigenvalue weighted by Crippen LogP contribution is -2.42. The molecule has 1 fully saturated rings. The third-order valence-corrected chi connectivity index (χ3v) is 6.50. The zero-order valence-electron chi connectivity index (χ0n) is 17.2. The van der Waals surface area contributed by atoms with E-state index in [4.69, 9.17) is 9.47 Å². The van der Waals surface area contributed by atoms with Gasteiger partial charge in [0, 0.05) is 26.6 Å². The van der Waals surface area contributed by atoms with Crippen molar-refractivity contribution in [3.8, 4) is 0 Å². The minimum atomic E-state index is -0.554. The van der Waals surface area contributed by atoms with Crippen LogP contribution in [0.2, 0.25) is 0 Å². The zero-order valence-corrected chi connectivity index (χ0v) is 17.2. The van der Waals surface area contributed by atoms with E-state index in [9.17, 15) is 0 Å².